The van der Waals surface area contributed by atoms with Crippen LogP contribution < -0.4 is 4.74 Å². The third kappa shape index (κ3) is 7.29. The summed E-state index contributed by atoms with van der Waals surface area (Å²) in [6.07, 6.45) is 12.4. The van der Waals surface area contributed by atoms with Crippen LogP contribution in [0.2, 0.25) is 0 Å². The SMILES string of the molecule is CCCCOc1ccc(C2=CCC(C3CCC(OC(=O)C4CCC(c5ccc(C)c(F)c5F)CC4)CC3)CC2)c(F)c1F. The Labute approximate surface area is 253 Å². The average Bonchev–Trinajstić information content (AvgIpc) is 3.03. The lowest BCUT2D eigenvalue weighted by atomic mass is 9.72. The van der Waals surface area contributed by atoms with E-state index in [2.05, 4.69) is 6.08 Å². The minimum atomic E-state index is -0.909. The van der Waals surface area contributed by atoms with Crippen LogP contribution in [-0.2, 0) is 9.53 Å². The van der Waals surface area contributed by atoms with Crippen molar-refractivity contribution in [2.24, 2.45) is 17.8 Å². The highest BCUT2D eigenvalue weighted by Gasteiger charge is 2.34. The van der Waals surface area contributed by atoms with Crippen LogP contribution in [0.4, 0.5) is 17.6 Å². The number of benzene rings is 2. The van der Waals surface area contributed by atoms with Gasteiger partial charge in [0.2, 0.25) is 5.82 Å². The average molecular weight is 601 g/mol. The Morgan fingerprint density at radius 1 is 0.814 bits per heavy atom. The first-order valence-corrected chi connectivity index (χ1v) is 16.2. The molecule has 1 unspecified atom stereocenters. The maximum atomic E-state index is 14.9. The van der Waals surface area contributed by atoms with Crippen LogP contribution in [0, 0.1) is 47.9 Å². The number of hydrogen-bond donors (Lipinski definition) is 0. The number of allylic oxidation sites excluding steroid dienone is 2. The summed E-state index contributed by atoms with van der Waals surface area (Å²) in [4.78, 5) is 12.9. The van der Waals surface area contributed by atoms with Gasteiger partial charge in [-0.15, -0.1) is 0 Å². The van der Waals surface area contributed by atoms with Gasteiger partial charge >= 0.3 is 5.97 Å². The van der Waals surface area contributed by atoms with Gasteiger partial charge in [0, 0.05) is 5.56 Å². The van der Waals surface area contributed by atoms with Crippen molar-refractivity contribution in [1.29, 1.82) is 0 Å². The van der Waals surface area contributed by atoms with E-state index in [0.29, 0.717) is 67.2 Å². The summed E-state index contributed by atoms with van der Waals surface area (Å²) in [5.74, 6) is -2.68. The van der Waals surface area contributed by atoms with Crippen molar-refractivity contribution >= 4 is 11.5 Å². The molecule has 3 aliphatic carbocycles. The van der Waals surface area contributed by atoms with Gasteiger partial charge in [0.1, 0.15) is 6.10 Å². The summed E-state index contributed by atoms with van der Waals surface area (Å²) in [5, 5.41) is 0. The Bertz CT molecular complexity index is 1310. The number of aryl methyl sites for hydroxylation is 1. The molecule has 2 saturated carbocycles. The van der Waals surface area contributed by atoms with Gasteiger partial charge in [-0.25, -0.2) is 13.2 Å². The molecule has 5 rings (SSSR count). The molecule has 0 saturated heterocycles. The zero-order valence-corrected chi connectivity index (χ0v) is 25.4. The van der Waals surface area contributed by atoms with E-state index in [1.807, 2.05) is 6.92 Å². The molecule has 1 atom stereocenters. The minimum Gasteiger partial charge on any atom is -0.490 e. The van der Waals surface area contributed by atoms with E-state index >= 15 is 0 Å². The maximum absolute atomic E-state index is 14.9. The predicted molar refractivity (Wildman–Crippen MR) is 160 cm³/mol. The van der Waals surface area contributed by atoms with Gasteiger partial charge in [0.05, 0.1) is 12.5 Å². The molecule has 0 spiro atoms. The zero-order chi connectivity index (χ0) is 30.5. The third-order valence-corrected chi connectivity index (χ3v) is 10.1. The van der Waals surface area contributed by atoms with Gasteiger partial charge in [-0.2, -0.15) is 4.39 Å². The van der Waals surface area contributed by atoms with Crippen molar-refractivity contribution < 1.29 is 31.8 Å². The number of halogens is 4. The van der Waals surface area contributed by atoms with Crippen molar-refractivity contribution in [3.05, 3.63) is 70.3 Å². The van der Waals surface area contributed by atoms with Crippen molar-refractivity contribution in [2.75, 3.05) is 6.61 Å². The molecule has 7 heteroatoms. The number of rotatable bonds is 9. The lowest BCUT2D eigenvalue weighted by Gasteiger charge is -2.36. The van der Waals surface area contributed by atoms with Crippen molar-refractivity contribution in [1.82, 2.24) is 0 Å². The molecule has 0 radical (unpaired) electrons. The fourth-order valence-corrected chi connectivity index (χ4v) is 7.30. The predicted octanol–water partition coefficient (Wildman–Crippen LogP) is 9.99. The van der Waals surface area contributed by atoms with Gasteiger partial charge in [0.15, 0.2) is 23.2 Å². The number of carbonyl (C=O) groups excluding carboxylic acids is 1. The van der Waals surface area contributed by atoms with Gasteiger partial charge in [-0.3, -0.25) is 4.79 Å². The normalized spacial score (nSPS) is 26.1. The molecule has 0 amide bonds. The van der Waals surface area contributed by atoms with E-state index in [0.717, 1.165) is 56.9 Å². The fraction of sp³-hybridized carbons (Fsp3) is 0.583. The fourth-order valence-electron chi connectivity index (χ4n) is 7.30. The van der Waals surface area contributed by atoms with Crippen molar-refractivity contribution in [3.8, 4) is 5.75 Å². The summed E-state index contributed by atoms with van der Waals surface area (Å²) in [7, 11) is 0. The third-order valence-electron chi connectivity index (χ3n) is 10.1. The van der Waals surface area contributed by atoms with Gasteiger partial charge in [-0.1, -0.05) is 31.6 Å². The number of ether oxygens (including phenoxy) is 2. The smallest absolute Gasteiger partial charge is 0.309 e. The Hall–Kier alpha value is -2.83. The second-order valence-electron chi connectivity index (χ2n) is 12.8. The largest absolute Gasteiger partial charge is 0.490 e. The number of unbranched alkanes of at least 4 members (excludes halogenated alkanes) is 1. The number of carbonyl (C=O) groups is 1. The van der Waals surface area contributed by atoms with Crippen LogP contribution in [0.5, 0.6) is 5.75 Å². The number of hydrogen-bond acceptors (Lipinski definition) is 3. The maximum Gasteiger partial charge on any atom is 0.309 e. The molecule has 0 heterocycles. The van der Waals surface area contributed by atoms with E-state index < -0.39 is 23.3 Å². The summed E-state index contributed by atoms with van der Waals surface area (Å²) < 4.78 is 69.3. The van der Waals surface area contributed by atoms with E-state index in [1.165, 1.54) is 6.07 Å². The Kier molecular flexibility index (Phi) is 10.5. The van der Waals surface area contributed by atoms with Crippen LogP contribution in [-0.4, -0.2) is 18.7 Å². The van der Waals surface area contributed by atoms with Gasteiger partial charge in [-0.05, 0) is 131 Å². The summed E-state index contributed by atoms with van der Waals surface area (Å²) in [5.41, 5.74) is 1.92. The van der Waals surface area contributed by atoms with Crippen LogP contribution in [0.25, 0.3) is 5.57 Å². The first-order valence-electron chi connectivity index (χ1n) is 16.2. The Morgan fingerprint density at radius 2 is 1.56 bits per heavy atom. The molecular formula is C36H44F4O3. The second kappa shape index (κ2) is 14.3. The Balaban J connectivity index is 1.06. The molecule has 2 fully saturated rings. The molecule has 3 nitrogen and oxygen atoms in total. The number of esters is 1. The lowest BCUT2D eigenvalue weighted by Crippen LogP contribution is -2.31. The lowest BCUT2D eigenvalue weighted by molar-refractivity contribution is -0.157. The van der Waals surface area contributed by atoms with Crippen LogP contribution >= 0.6 is 0 Å². The summed E-state index contributed by atoms with van der Waals surface area (Å²) >= 11 is 0. The van der Waals surface area contributed by atoms with Crippen molar-refractivity contribution in [3.63, 3.8) is 0 Å². The molecule has 2 aromatic carbocycles. The van der Waals surface area contributed by atoms with Crippen LogP contribution in [0.15, 0.2) is 30.3 Å². The Morgan fingerprint density at radius 3 is 2.23 bits per heavy atom. The molecule has 0 bridgehead atoms. The molecule has 2 aromatic rings. The highest BCUT2D eigenvalue weighted by atomic mass is 19.2. The minimum absolute atomic E-state index is 0.0246. The molecule has 3 aliphatic rings. The van der Waals surface area contributed by atoms with E-state index in [9.17, 15) is 22.4 Å². The monoisotopic (exact) mass is 600 g/mol. The van der Waals surface area contributed by atoms with Crippen molar-refractivity contribution in [2.45, 2.75) is 109 Å². The zero-order valence-electron chi connectivity index (χ0n) is 25.4. The second-order valence-corrected chi connectivity index (χ2v) is 12.8. The van der Waals surface area contributed by atoms with Crippen LogP contribution in [0.1, 0.15) is 113 Å². The quantitative estimate of drug-likeness (QED) is 0.163. The summed E-state index contributed by atoms with van der Waals surface area (Å²) in [6.45, 7) is 3.95. The van der Waals surface area contributed by atoms with E-state index in [4.69, 9.17) is 9.47 Å². The molecule has 0 aliphatic heterocycles. The topological polar surface area (TPSA) is 35.5 Å². The van der Waals surface area contributed by atoms with Gasteiger partial charge in [0.25, 0.3) is 0 Å². The summed E-state index contributed by atoms with van der Waals surface area (Å²) in [6, 6.07) is 6.48. The van der Waals surface area contributed by atoms with E-state index in [1.54, 1.807) is 25.1 Å². The van der Waals surface area contributed by atoms with Gasteiger partial charge < -0.3 is 9.47 Å². The van der Waals surface area contributed by atoms with Crippen LogP contribution in [0.3, 0.4) is 0 Å². The highest BCUT2D eigenvalue weighted by Crippen LogP contribution is 2.42. The molecule has 0 aromatic heterocycles. The first-order chi connectivity index (χ1) is 20.8. The standard InChI is InChI=1S/C36H44F4O3/c1-3-4-21-42-31-20-19-30(34(39)35(31)40)25-8-6-23(7-9-25)24-14-16-28(17-15-24)43-36(41)27-12-10-26(11-13-27)29-18-5-22(2)32(37)33(29)38/h5,8,18-20,23-24,26-28H,3-4,6-7,9-17,21H2,1-2H3. The molecule has 0 N–H and O–H groups in total. The molecule has 43 heavy (non-hydrogen) atoms. The van der Waals surface area contributed by atoms with E-state index in [-0.39, 0.29) is 29.7 Å². The molecule has 234 valence electrons. The first kappa shape index (κ1) is 31.6. The highest BCUT2D eigenvalue weighted by molar-refractivity contribution is 5.72. The molecular weight excluding hydrogens is 556 g/mol.